The summed E-state index contributed by atoms with van der Waals surface area (Å²) in [5, 5.41) is 0. The van der Waals surface area contributed by atoms with Crippen LogP contribution in [0, 0.1) is 5.82 Å². The maximum Gasteiger partial charge on any atom is 0.410 e. The lowest BCUT2D eigenvalue weighted by molar-refractivity contribution is 0.00198. The summed E-state index contributed by atoms with van der Waals surface area (Å²) < 4.78 is 19.0. The van der Waals surface area contributed by atoms with Gasteiger partial charge in [-0.3, -0.25) is 4.79 Å². The Morgan fingerprint density at radius 2 is 1.96 bits per heavy atom. The number of piperazine rings is 1. The van der Waals surface area contributed by atoms with Crippen molar-refractivity contribution in [2.75, 3.05) is 19.6 Å². The maximum atomic E-state index is 13.3. The molecule has 2 amide bonds. The Balaban J connectivity index is 2.03. The van der Waals surface area contributed by atoms with E-state index < -0.39 is 11.4 Å². The lowest BCUT2D eigenvalue weighted by atomic mass is 10.1. The smallest absolute Gasteiger partial charge is 0.410 e. The molecule has 0 saturated carbocycles. The van der Waals surface area contributed by atoms with Crippen molar-refractivity contribution >= 4 is 27.9 Å². The van der Waals surface area contributed by atoms with Crippen molar-refractivity contribution in [1.82, 2.24) is 9.80 Å². The van der Waals surface area contributed by atoms with E-state index in [1.54, 1.807) is 9.80 Å². The Morgan fingerprint density at radius 1 is 1.29 bits per heavy atom. The zero-order valence-corrected chi connectivity index (χ0v) is 15.9. The molecule has 132 valence electrons. The number of hydrogen-bond acceptors (Lipinski definition) is 3. The van der Waals surface area contributed by atoms with Gasteiger partial charge in [-0.15, -0.1) is 0 Å². The Hall–Kier alpha value is -1.63. The van der Waals surface area contributed by atoms with Crippen LogP contribution < -0.4 is 0 Å². The Labute approximate surface area is 149 Å². The first-order valence-electron chi connectivity index (χ1n) is 7.82. The van der Waals surface area contributed by atoms with Crippen LogP contribution in [0.5, 0.6) is 0 Å². The Bertz CT molecular complexity index is 645. The number of carbonyl (C=O) groups is 2. The van der Waals surface area contributed by atoms with Crippen LogP contribution in [0.4, 0.5) is 9.18 Å². The number of carbonyl (C=O) groups excluding carboxylic acids is 2. The fourth-order valence-electron chi connectivity index (χ4n) is 2.55. The zero-order chi connectivity index (χ0) is 18.1. The average Bonchev–Trinajstić information content (AvgIpc) is 2.47. The predicted molar refractivity (Wildman–Crippen MR) is 92.4 cm³/mol. The number of ether oxygens (including phenoxy) is 1. The van der Waals surface area contributed by atoms with Gasteiger partial charge in [0.1, 0.15) is 11.4 Å². The lowest BCUT2D eigenvalue weighted by Crippen LogP contribution is -2.56. The predicted octanol–water partition coefficient (Wildman–Crippen LogP) is 3.67. The van der Waals surface area contributed by atoms with Gasteiger partial charge in [-0.05, 0) is 61.8 Å². The SMILES string of the molecule is C[C@H]1CN(C(=O)c2ccc(F)c(Br)c2)CCN1C(=O)OC(C)(C)C. The minimum absolute atomic E-state index is 0.151. The van der Waals surface area contributed by atoms with Crippen molar-refractivity contribution in [2.45, 2.75) is 39.3 Å². The third-order valence-electron chi connectivity index (χ3n) is 3.71. The molecule has 1 aliphatic rings. The number of halogens is 2. The molecule has 24 heavy (non-hydrogen) atoms. The number of amides is 2. The van der Waals surface area contributed by atoms with E-state index in [1.165, 1.54) is 18.2 Å². The monoisotopic (exact) mass is 400 g/mol. The van der Waals surface area contributed by atoms with Gasteiger partial charge in [-0.25, -0.2) is 9.18 Å². The molecule has 1 saturated heterocycles. The first-order valence-corrected chi connectivity index (χ1v) is 8.62. The quantitative estimate of drug-likeness (QED) is 0.722. The fraction of sp³-hybridized carbons (Fsp3) is 0.529. The summed E-state index contributed by atoms with van der Waals surface area (Å²) in [5.41, 5.74) is -0.134. The molecule has 1 fully saturated rings. The van der Waals surface area contributed by atoms with Crippen LogP contribution in [0.1, 0.15) is 38.1 Å². The van der Waals surface area contributed by atoms with Crippen molar-refractivity contribution in [3.63, 3.8) is 0 Å². The molecule has 0 unspecified atom stereocenters. The topological polar surface area (TPSA) is 49.9 Å². The fourth-order valence-corrected chi connectivity index (χ4v) is 2.92. The summed E-state index contributed by atoms with van der Waals surface area (Å²) in [6.07, 6.45) is -0.369. The third kappa shape index (κ3) is 4.47. The van der Waals surface area contributed by atoms with Crippen LogP contribution >= 0.6 is 15.9 Å². The van der Waals surface area contributed by atoms with Gasteiger partial charge in [0.05, 0.1) is 4.47 Å². The molecule has 1 heterocycles. The van der Waals surface area contributed by atoms with Crippen molar-refractivity contribution in [3.8, 4) is 0 Å². The normalized spacial score (nSPS) is 18.5. The third-order valence-corrected chi connectivity index (χ3v) is 4.32. The maximum absolute atomic E-state index is 13.3. The molecule has 1 atom stereocenters. The molecular weight excluding hydrogens is 379 g/mol. The molecule has 1 aromatic carbocycles. The van der Waals surface area contributed by atoms with E-state index >= 15 is 0 Å². The van der Waals surface area contributed by atoms with Crippen molar-refractivity contribution < 1.29 is 18.7 Å². The van der Waals surface area contributed by atoms with E-state index in [-0.39, 0.29) is 22.5 Å². The summed E-state index contributed by atoms with van der Waals surface area (Å²) in [6, 6.07) is 4.05. The van der Waals surface area contributed by atoms with Gasteiger partial charge in [-0.2, -0.15) is 0 Å². The van der Waals surface area contributed by atoms with Crippen molar-refractivity contribution in [1.29, 1.82) is 0 Å². The van der Waals surface area contributed by atoms with E-state index in [1.807, 2.05) is 27.7 Å². The van der Waals surface area contributed by atoms with Crippen LogP contribution in [0.2, 0.25) is 0 Å². The molecule has 0 aromatic heterocycles. The summed E-state index contributed by atoms with van der Waals surface area (Å²) in [5.74, 6) is -0.582. The largest absolute Gasteiger partial charge is 0.444 e. The second-order valence-electron chi connectivity index (χ2n) is 6.90. The second-order valence-corrected chi connectivity index (χ2v) is 7.76. The highest BCUT2D eigenvalue weighted by Gasteiger charge is 2.32. The van der Waals surface area contributed by atoms with Gasteiger partial charge in [0, 0.05) is 31.2 Å². The molecule has 1 aliphatic heterocycles. The zero-order valence-electron chi connectivity index (χ0n) is 14.3. The lowest BCUT2D eigenvalue weighted by Gasteiger charge is -2.40. The molecule has 7 heteroatoms. The number of benzene rings is 1. The summed E-state index contributed by atoms with van der Waals surface area (Å²) >= 11 is 3.09. The summed E-state index contributed by atoms with van der Waals surface area (Å²) in [6.45, 7) is 8.57. The Kier molecular flexibility index (Phi) is 5.52. The number of rotatable bonds is 1. The van der Waals surface area contributed by atoms with Crippen molar-refractivity contribution in [2.24, 2.45) is 0 Å². The second kappa shape index (κ2) is 7.09. The Morgan fingerprint density at radius 3 is 2.50 bits per heavy atom. The molecule has 1 aromatic rings. The standard InChI is InChI=1S/C17H22BrFN2O3/c1-11-10-20(7-8-21(11)16(23)24-17(2,3)4)15(22)12-5-6-14(19)13(18)9-12/h5-6,9,11H,7-8,10H2,1-4H3/t11-/m0/s1. The van der Waals surface area contributed by atoms with Crippen LogP contribution in [-0.4, -0.2) is 53.1 Å². The van der Waals surface area contributed by atoms with Gasteiger partial charge in [0.15, 0.2) is 0 Å². The van der Waals surface area contributed by atoms with Crippen LogP contribution in [0.3, 0.4) is 0 Å². The number of nitrogens with zero attached hydrogens (tertiary/aromatic N) is 2. The van der Waals surface area contributed by atoms with Gasteiger partial charge in [-0.1, -0.05) is 0 Å². The first kappa shape index (κ1) is 18.7. The summed E-state index contributed by atoms with van der Waals surface area (Å²) in [4.78, 5) is 28.1. The average molecular weight is 401 g/mol. The van der Waals surface area contributed by atoms with Crippen molar-refractivity contribution in [3.05, 3.63) is 34.1 Å². The van der Waals surface area contributed by atoms with Crippen LogP contribution in [-0.2, 0) is 4.74 Å². The van der Waals surface area contributed by atoms with Crippen LogP contribution in [0.15, 0.2) is 22.7 Å². The van der Waals surface area contributed by atoms with E-state index in [0.29, 0.717) is 25.2 Å². The van der Waals surface area contributed by atoms with Gasteiger partial charge >= 0.3 is 6.09 Å². The van der Waals surface area contributed by atoms with E-state index in [2.05, 4.69) is 15.9 Å². The molecule has 0 spiro atoms. The van der Waals surface area contributed by atoms with E-state index in [4.69, 9.17) is 4.74 Å². The molecular formula is C17H22BrFN2O3. The van der Waals surface area contributed by atoms with Gasteiger partial charge in [0.25, 0.3) is 5.91 Å². The highest BCUT2D eigenvalue weighted by molar-refractivity contribution is 9.10. The van der Waals surface area contributed by atoms with E-state index in [9.17, 15) is 14.0 Å². The molecule has 0 N–H and O–H groups in total. The summed E-state index contributed by atoms with van der Waals surface area (Å²) in [7, 11) is 0. The minimum atomic E-state index is -0.551. The molecule has 0 radical (unpaired) electrons. The molecule has 0 bridgehead atoms. The highest BCUT2D eigenvalue weighted by Crippen LogP contribution is 2.20. The van der Waals surface area contributed by atoms with Gasteiger partial charge in [0.2, 0.25) is 0 Å². The molecule has 2 rings (SSSR count). The van der Waals surface area contributed by atoms with Gasteiger partial charge < -0.3 is 14.5 Å². The molecule has 0 aliphatic carbocycles. The molecule has 5 nitrogen and oxygen atoms in total. The van der Waals surface area contributed by atoms with E-state index in [0.717, 1.165) is 0 Å². The van der Waals surface area contributed by atoms with Crippen LogP contribution in [0.25, 0.3) is 0 Å². The first-order chi connectivity index (χ1) is 11.1. The number of hydrogen-bond donors (Lipinski definition) is 0. The highest BCUT2D eigenvalue weighted by atomic mass is 79.9. The minimum Gasteiger partial charge on any atom is -0.444 e.